The minimum absolute atomic E-state index is 0.0342. The minimum Gasteiger partial charge on any atom is -0.481 e. The standard InChI is InChI=1S/C12H23NO5/c1-9(7-11(15)16)6-10(14)13-8-12(2,17)4-5-18-3/h9,17H,4-8H2,1-3H3,(H,13,14)(H,15,16). The first kappa shape index (κ1) is 16.9. The van der Waals surface area contributed by atoms with Crippen LogP contribution >= 0.6 is 0 Å². The number of aliphatic hydroxyl groups is 1. The number of amides is 1. The molecule has 6 nitrogen and oxygen atoms in total. The SMILES string of the molecule is COCCC(C)(O)CNC(=O)CC(C)CC(=O)O. The van der Waals surface area contributed by atoms with Crippen molar-refractivity contribution in [2.24, 2.45) is 5.92 Å². The van der Waals surface area contributed by atoms with Crippen molar-refractivity contribution in [3.05, 3.63) is 0 Å². The molecule has 106 valence electrons. The topological polar surface area (TPSA) is 95.9 Å². The molecule has 0 rings (SSSR count). The van der Waals surface area contributed by atoms with Crippen molar-refractivity contribution in [1.82, 2.24) is 5.32 Å². The van der Waals surface area contributed by atoms with E-state index in [0.29, 0.717) is 13.0 Å². The van der Waals surface area contributed by atoms with Crippen LogP contribution in [-0.4, -0.2) is 48.0 Å². The largest absolute Gasteiger partial charge is 0.481 e. The Morgan fingerprint density at radius 2 is 2.00 bits per heavy atom. The van der Waals surface area contributed by atoms with Crippen molar-refractivity contribution >= 4 is 11.9 Å². The zero-order valence-electron chi connectivity index (χ0n) is 11.2. The van der Waals surface area contributed by atoms with Crippen LogP contribution < -0.4 is 5.32 Å². The Balaban J connectivity index is 3.91. The predicted molar refractivity (Wildman–Crippen MR) is 66.2 cm³/mol. The van der Waals surface area contributed by atoms with E-state index < -0.39 is 11.6 Å². The number of ether oxygens (including phenoxy) is 1. The summed E-state index contributed by atoms with van der Waals surface area (Å²) < 4.78 is 4.85. The maximum absolute atomic E-state index is 11.5. The lowest BCUT2D eigenvalue weighted by molar-refractivity contribution is -0.138. The van der Waals surface area contributed by atoms with Crippen molar-refractivity contribution in [2.45, 2.75) is 38.7 Å². The smallest absolute Gasteiger partial charge is 0.303 e. The number of carbonyl (C=O) groups excluding carboxylic acids is 1. The van der Waals surface area contributed by atoms with Crippen LogP contribution in [0.15, 0.2) is 0 Å². The lowest BCUT2D eigenvalue weighted by atomic mass is 10.0. The first-order valence-corrected chi connectivity index (χ1v) is 5.96. The second kappa shape index (κ2) is 8.05. The average Bonchev–Trinajstić information content (AvgIpc) is 2.22. The zero-order chi connectivity index (χ0) is 14.2. The van der Waals surface area contributed by atoms with E-state index in [-0.39, 0.29) is 31.2 Å². The fraction of sp³-hybridized carbons (Fsp3) is 0.833. The van der Waals surface area contributed by atoms with Crippen molar-refractivity contribution in [3.63, 3.8) is 0 Å². The molecule has 0 aliphatic carbocycles. The number of aliphatic carboxylic acids is 1. The molecular weight excluding hydrogens is 238 g/mol. The van der Waals surface area contributed by atoms with E-state index in [1.54, 1.807) is 21.0 Å². The van der Waals surface area contributed by atoms with Crippen LogP contribution in [0.25, 0.3) is 0 Å². The molecule has 0 aliphatic heterocycles. The number of rotatable bonds is 9. The van der Waals surface area contributed by atoms with Gasteiger partial charge in [-0.2, -0.15) is 0 Å². The summed E-state index contributed by atoms with van der Waals surface area (Å²) in [5.41, 5.74) is -1.01. The van der Waals surface area contributed by atoms with Crippen LogP contribution in [0.2, 0.25) is 0 Å². The molecule has 0 aromatic carbocycles. The highest BCUT2D eigenvalue weighted by molar-refractivity contribution is 5.77. The van der Waals surface area contributed by atoms with Crippen LogP contribution in [-0.2, 0) is 14.3 Å². The van der Waals surface area contributed by atoms with Crippen LogP contribution in [0.4, 0.5) is 0 Å². The van der Waals surface area contributed by atoms with E-state index in [1.165, 1.54) is 0 Å². The van der Waals surface area contributed by atoms with Crippen LogP contribution in [0.1, 0.15) is 33.1 Å². The van der Waals surface area contributed by atoms with Crippen molar-refractivity contribution in [1.29, 1.82) is 0 Å². The second-order valence-corrected chi connectivity index (χ2v) is 4.92. The van der Waals surface area contributed by atoms with Crippen molar-refractivity contribution < 1.29 is 24.5 Å². The highest BCUT2D eigenvalue weighted by atomic mass is 16.5. The summed E-state index contributed by atoms with van der Waals surface area (Å²) in [5.74, 6) is -1.38. The number of carbonyl (C=O) groups is 2. The van der Waals surface area contributed by atoms with Gasteiger partial charge in [-0.3, -0.25) is 9.59 Å². The number of carboxylic acids is 1. The number of carboxylic acid groups (broad SMARTS) is 1. The average molecular weight is 261 g/mol. The molecule has 0 aliphatic rings. The Kier molecular flexibility index (Phi) is 7.54. The maximum atomic E-state index is 11.5. The Bertz CT molecular complexity index is 278. The summed E-state index contributed by atoms with van der Waals surface area (Å²) in [6.45, 7) is 3.87. The van der Waals surface area contributed by atoms with E-state index >= 15 is 0 Å². The molecule has 18 heavy (non-hydrogen) atoms. The first-order chi connectivity index (χ1) is 8.26. The highest BCUT2D eigenvalue weighted by Gasteiger charge is 2.21. The van der Waals surface area contributed by atoms with Gasteiger partial charge in [0.2, 0.25) is 5.91 Å². The van der Waals surface area contributed by atoms with Gasteiger partial charge in [-0.05, 0) is 12.8 Å². The minimum atomic E-state index is -1.01. The number of methoxy groups -OCH3 is 1. The third-order valence-corrected chi connectivity index (χ3v) is 2.57. The van der Waals surface area contributed by atoms with E-state index in [2.05, 4.69) is 5.32 Å². The Morgan fingerprint density at radius 3 is 2.50 bits per heavy atom. The fourth-order valence-electron chi connectivity index (χ4n) is 1.46. The third-order valence-electron chi connectivity index (χ3n) is 2.57. The van der Waals surface area contributed by atoms with Crippen LogP contribution in [0.5, 0.6) is 0 Å². The summed E-state index contributed by atoms with van der Waals surface area (Å²) in [7, 11) is 1.54. The number of nitrogens with one attached hydrogen (secondary N) is 1. The molecule has 0 saturated carbocycles. The fourth-order valence-corrected chi connectivity index (χ4v) is 1.46. The van der Waals surface area contributed by atoms with Crippen molar-refractivity contribution in [3.8, 4) is 0 Å². The molecule has 0 spiro atoms. The van der Waals surface area contributed by atoms with Crippen molar-refractivity contribution in [2.75, 3.05) is 20.3 Å². The van der Waals surface area contributed by atoms with Gasteiger partial charge in [-0.25, -0.2) is 0 Å². The van der Waals surface area contributed by atoms with E-state index in [1.807, 2.05) is 0 Å². The van der Waals surface area contributed by atoms with E-state index in [9.17, 15) is 14.7 Å². The maximum Gasteiger partial charge on any atom is 0.303 e. The molecule has 3 N–H and O–H groups in total. The summed E-state index contributed by atoms with van der Waals surface area (Å²) in [6, 6.07) is 0. The third kappa shape index (κ3) is 8.95. The molecule has 0 radical (unpaired) electrons. The molecule has 0 bridgehead atoms. The first-order valence-electron chi connectivity index (χ1n) is 5.96. The summed E-state index contributed by atoms with van der Waals surface area (Å²) in [4.78, 5) is 22.0. The van der Waals surface area contributed by atoms with Crippen LogP contribution in [0, 0.1) is 5.92 Å². The zero-order valence-corrected chi connectivity index (χ0v) is 11.2. The lowest BCUT2D eigenvalue weighted by Crippen LogP contribution is -2.41. The van der Waals surface area contributed by atoms with Gasteiger partial charge < -0.3 is 20.3 Å². The molecule has 6 heteroatoms. The van der Waals surface area contributed by atoms with E-state index in [4.69, 9.17) is 9.84 Å². The monoisotopic (exact) mass is 261 g/mol. The molecule has 0 saturated heterocycles. The lowest BCUT2D eigenvalue weighted by Gasteiger charge is -2.23. The molecule has 0 aromatic heterocycles. The summed E-state index contributed by atoms with van der Waals surface area (Å²) in [5, 5.41) is 21.1. The Morgan fingerprint density at radius 1 is 1.39 bits per heavy atom. The molecule has 0 fully saturated rings. The number of hydrogen-bond donors (Lipinski definition) is 3. The van der Waals surface area contributed by atoms with Gasteiger partial charge in [0, 0.05) is 39.5 Å². The molecule has 2 unspecified atom stereocenters. The Labute approximate surface area is 107 Å². The van der Waals surface area contributed by atoms with Gasteiger partial charge in [-0.15, -0.1) is 0 Å². The van der Waals surface area contributed by atoms with Gasteiger partial charge in [0.05, 0.1) is 5.60 Å². The quantitative estimate of drug-likeness (QED) is 0.558. The summed E-state index contributed by atoms with van der Waals surface area (Å²) >= 11 is 0. The van der Waals surface area contributed by atoms with Gasteiger partial charge in [0.1, 0.15) is 0 Å². The van der Waals surface area contributed by atoms with Gasteiger partial charge in [0.25, 0.3) is 0 Å². The van der Waals surface area contributed by atoms with Crippen LogP contribution in [0.3, 0.4) is 0 Å². The molecule has 0 aromatic rings. The van der Waals surface area contributed by atoms with E-state index in [0.717, 1.165) is 0 Å². The van der Waals surface area contributed by atoms with Gasteiger partial charge in [-0.1, -0.05) is 6.92 Å². The highest BCUT2D eigenvalue weighted by Crippen LogP contribution is 2.10. The van der Waals surface area contributed by atoms with Gasteiger partial charge >= 0.3 is 5.97 Å². The molecule has 1 amide bonds. The Hall–Kier alpha value is -1.14. The summed E-state index contributed by atoms with van der Waals surface area (Å²) in [6.07, 6.45) is 0.536. The predicted octanol–water partition coefficient (Wildman–Crippen LogP) is 0.391. The second-order valence-electron chi connectivity index (χ2n) is 4.92. The molecule has 2 atom stereocenters. The van der Waals surface area contributed by atoms with Gasteiger partial charge in [0.15, 0.2) is 0 Å². The normalized spacial score (nSPS) is 15.8. The number of hydrogen-bond acceptors (Lipinski definition) is 4. The molecule has 0 heterocycles. The molecular formula is C12H23NO5.